The molecule has 7 nitrogen and oxygen atoms in total. The Bertz CT molecular complexity index is 461. The summed E-state index contributed by atoms with van der Waals surface area (Å²) >= 11 is 1.57. The van der Waals surface area contributed by atoms with E-state index in [0.717, 1.165) is 5.56 Å². The second-order valence-corrected chi connectivity index (χ2v) is 4.96. The molecule has 3 amide bonds. The molecular formula is C12H17N3O4S. The van der Waals surface area contributed by atoms with Crippen molar-refractivity contribution in [1.82, 2.24) is 10.6 Å². The molecule has 1 atom stereocenters. The number of hydrogen-bond donors (Lipinski definition) is 4. The summed E-state index contributed by atoms with van der Waals surface area (Å²) in [6, 6.07) is 0.262. The number of carboxylic acid groups (broad SMARTS) is 1. The lowest BCUT2D eigenvalue weighted by Crippen LogP contribution is -2.46. The van der Waals surface area contributed by atoms with Crippen LogP contribution in [0.25, 0.3) is 0 Å². The maximum absolute atomic E-state index is 11.5. The van der Waals surface area contributed by atoms with Crippen LogP contribution >= 0.6 is 11.3 Å². The van der Waals surface area contributed by atoms with E-state index < -0.39 is 23.9 Å². The maximum atomic E-state index is 11.5. The number of thiophene rings is 1. The number of nitrogens with two attached hydrogens (primary N) is 1. The Morgan fingerprint density at radius 1 is 1.40 bits per heavy atom. The van der Waals surface area contributed by atoms with Crippen molar-refractivity contribution in [3.8, 4) is 0 Å². The van der Waals surface area contributed by atoms with Crippen molar-refractivity contribution in [2.24, 2.45) is 5.73 Å². The highest BCUT2D eigenvalue weighted by Gasteiger charge is 2.20. The summed E-state index contributed by atoms with van der Waals surface area (Å²) in [5, 5.41) is 17.7. The van der Waals surface area contributed by atoms with Crippen LogP contribution in [0.15, 0.2) is 16.8 Å². The standard InChI is InChI=1S/C12H17N3O4S/c13-10(16)2-1-9(11(17)18)15-12(19)14-5-3-8-4-6-20-7-8/h4,6-7,9H,1-3,5H2,(H2,13,16)(H,17,18)(H2,14,15,19). The molecule has 20 heavy (non-hydrogen) atoms. The topological polar surface area (TPSA) is 122 Å². The molecule has 8 heteroatoms. The monoisotopic (exact) mass is 299 g/mol. The number of hydrogen-bond acceptors (Lipinski definition) is 4. The third-order valence-corrected chi connectivity index (χ3v) is 3.29. The molecule has 0 aliphatic heterocycles. The smallest absolute Gasteiger partial charge is 0.326 e. The molecule has 0 aliphatic carbocycles. The van der Waals surface area contributed by atoms with Gasteiger partial charge in [-0.05, 0) is 35.2 Å². The summed E-state index contributed by atoms with van der Waals surface area (Å²) in [5.41, 5.74) is 6.06. The van der Waals surface area contributed by atoms with Crippen molar-refractivity contribution >= 4 is 29.2 Å². The molecule has 0 saturated heterocycles. The number of urea groups is 1. The first-order chi connectivity index (χ1) is 9.49. The average molecular weight is 299 g/mol. The highest BCUT2D eigenvalue weighted by molar-refractivity contribution is 7.07. The van der Waals surface area contributed by atoms with Crippen LogP contribution in [0, 0.1) is 0 Å². The molecular weight excluding hydrogens is 282 g/mol. The molecule has 1 aromatic heterocycles. The van der Waals surface area contributed by atoms with Crippen molar-refractivity contribution in [2.75, 3.05) is 6.54 Å². The Morgan fingerprint density at radius 2 is 2.15 bits per heavy atom. The largest absolute Gasteiger partial charge is 0.480 e. The summed E-state index contributed by atoms with van der Waals surface area (Å²) in [7, 11) is 0. The van der Waals surface area contributed by atoms with E-state index in [4.69, 9.17) is 10.8 Å². The predicted molar refractivity (Wildman–Crippen MR) is 74.4 cm³/mol. The van der Waals surface area contributed by atoms with Gasteiger partial charge in [0.05, 0.1) is 0 Å². The van der Waals surface area contributed by atoms with Crippen molar-refractivity contribution in [2.45, 2.75) is 25.3 Å². The van der Waals surface area contributed by atoms with E-state index in [0.29, 0.717) is 13.0 Å². The van der Waals surface area contributed by atoms with Gasteiger partial charge in [0.1, 0.15) is 6.04 Å². The van der Waals surface area contributed by atoms with Crippen molar-refractivity contribution < 1.29 is 19.5 Å². The summed E-state index contributed by atoms with van der Waals surface area (Å²) in [5.74, 6) is -1.80. The zero-order chi connectivity index (χ0) is 15.0. The normalized spacial score (nSPS) is 11.6. The minimum atomic E-state index is -1.20. The number of aliphatic carboxylic acids is 1. The van der Waals surface area contributed by atoms with Crippen LogP contribution in [-0.4, -0.2) is 35.6 Å². The van der Waals surface area contributed by atoms with Crippen molar-refractivity contribution in [3.63, 3.8) is 0 Å². The molecule has 1 unspecified atom stereocenters. The highest BCUT2D eigenvalue weighted by atomic mass is 32.1. The van der Waals surface area contributed by atoms with E-state index in [-0.39, 0.29) is 12.8 Å². The van der Waals surface area contributed by atoms with E-state index in [1.165, 1.54) is 0 Å². The quantitative estimate of drug-likeness (QED) is 0.552. The number of carbonyl (C=O) groups excluding carboxylic acids is 2. The highest BCUT2D eigenvalue weighted by Crippen LogP contribution is 2.05. The van der Waals surface area contributed by atoms with Gasteiger partial charge in [-0.1, -0.05) is 0 Å². The Labute approximate surface area is 120 Å². The molecule has 0 bridgehead atoms. The molecule has 1 aromatic rings. The van der Waals surface area contributed by atoms with E-state index in [1.807, 2.05) is 16.8 Å². The van der Waals surface area contributed by atoms with Gasteiger partial charge in [-0.15, -0.1) is 0 Å². The first-order valence-electron chi connectivity index (χ1n) is 6.05. The van der Waals surface area contributed by atoms with Gasteiger partial charge in [0.15, 0.2) is 0 Å². The van der Waals surface area contributed by atoms with E-state index in [2.05, 4.69) is 10.6 Å². The fourth-order valence-electron chi connectivity index (χ4n) is 1.51. The van der Waals surface area contributed by atoms with Crippen molar-refractivity contribution in [1.29, 1.82) is 0 Å². The van der Waals surface area contributed by atoms with E-state index in [1.54, 1.807) is 11.3 Å². The van der Waals surface area contributed by atoms with Gasteiger partial charge in [-0.25, -0.2) is 9.59 Å². The lowest BCUT2D eigenvalue weighted by atomic mass is 10.1. The second kappa shape index (κ2) is 8.16. The van der Waals surface area contributed by atoms with Crippen LogP contribution in [0.1, 0.15) is 18.4 Å². The summed E-state index contributed by atoms with van der Waals surface area (Å²) in [4.78, 5) is 33.1. The fraction of sp³-hybridized carbons (Fsp3) is 0.417. The summed E-state index contributed by atoms with van der Waals surface area (Å²) in [6.07, 6.45) is 0.560. The zero-order valence-electron chi connectivity index (χ0n) is 10.8. The van der Waals surface area contributed by atoms with Crippen LogP contribution < -0.4 is 16.4 Å². The van der Waals surface area contributed by atoms with Gasteiger partial charge in [-0.2, -0.15) is 11.3 Å². The zero-order valence-corrected chi connectivity index (χ0v) is 11.6. The number of nitrogens with one attached hydrogen (secondary N) is 2. The van der Waals surface area contributed by atoms with Crippen molar-refractivity contribution in [3.05, 3.63) is 22.4 Å². The van der Waals surface area contributed by atoms with Gasteiger partial charge >= 0.3 is 12.0 Å². The van der Waals surface area contributed by atoms with Gasteiger partial charge < -0.3 is 21.5 Å². The Hall–Kier alpha value is -2.09. The average Bonchev–Trinajstić information content (AvgIpc) is 2.87. The number of primary amides is 1. The molecule has 0 aliphatic rings. The molecule has 0 fully saturated rings. The maximum Gasteiger partial charge on any atom is 0.326 e. The van der Waals surface area contributed by atoms with E-state index >= 15 is 0 Å². The third-order valence-electron chi connectivity index (χ3n) is 2.56. The molecule has 0 spiro atoms. The summed E-state index contributed by atoms with van der Waals surface area (Å²) in [6.45, 7) is 0.407. The van der Waals surface area contributed by atoms with Crippen LogP contribution in [0.4, 0.5) is 4.79 Å². The second-order valence-electron chi connectivity index (χ2n) is 4.18. The molecule has 110 valence electrons. The SMILES string of the molecule is NC(=O)CCC(NC(=O)NCCc1ccsc1)C(=O)O. The fourth-order valence-corrected chi connectivity index (χ4v) is 2.21. The third kappa shape index (κ3) is 6.19. The van der Waals surface area contributed by atoms with Gasteiger partial charge in [0.25, 0.3) is 0 Å². The Balaban J connectivity index is 2.30. The van der Waals surface area contributed by atoms with Crippen LogP contribution in [0.5, 0.6) is 0 Å². The first-order valence-corrected chi connectivity index (χ1v) is 7.00. The summed E-state index contributed by atoms with van der Waals surface area (Å²) < 4.78 is 0. The minimum absolute atomic E-state index is 0.0252. The van der Waals surface area contributed by atoms with Crippen LogP contribution in [0.2, 0.25) is 0 Å². The molecule has 0 radical (unpaired) electrons. The minimum Gasteiger partial charge on any atom is -0.480 e. The van der Waals surface area contributed by atoms with Crippen LogP contribution in [-0.2, 0) is 16.0 Å². The lowest BCUT2D eigenvalue weighted by Gasteiger charge is -2.14. The molecule has 1 rings (SSSR count). The van der Waals surface area contributed by atoms with E-state index in [9.17, 15) is 14.4 Å². The number of carbonyl (C=O) groups is 3. The predicted octanol–water partition coefficient (Wildman–Crippen LogP) is 0.308. The Kier molecular flexibility index (Phi) is 6.51. The molecule has 0 aromatic carbocycles. The number of amides is 3. The Morgan fingerprint density at radius 3 is 2.70 bits per heavy atom. The first kappa shape index (κ1) is 16.0. The number of carboxylic acids is 1. The van der Waals surface area contributed by atoms with Gasteiger partial charge in [-0.3, -0.25) is 4.79 Å². The molecule has 0 saturated carbocycles. The molecule has 5 N–H and O–H groups in total. The van der Waals surface area contributed by atoms with Gasteiger partial charge in [0.2, 0.25) is 5.91 Å². The van der Waals surface area contributed by atoms with Gasteiger partial charge in [0, 0.05) is 13.0 Å². The molecule has 1 heterocycles. The number of rotatable bonds is 8. The lowest BCUT2D eigenvalue weighted by molar-refractivity contribution is -0.139. The van der Waals surface area contributed by atoms with Crippen LogP contribution in [0.3, 0.4) is 0 Å².